The van der Waals surface area contributed by atoms with E-state index in [1.165, 1.54) is 0 Å². The Morgan fingerprint density at radius 3 is 0.375 bits per heavy atom. The minimum Gasteiger partial charge on any atom is -0.269 e. The predicted molar refractivity (Wildman–Crippen MR) is 32.5 cm³/mol. The van der Waals surface area contributed by atoms with Crippen LogP contribution in [0.3, 0.4) is 0 Å². The van der Waals surface area contributed by atoms with E-state index in [-0.39, 0.29) is 18.8 Å². The molecule has 0 aromatic rings. The lowest BCUT2D eigenvalue weighted by molar-refractivity contribution is 1.11. The van der Waals surface area contributed by atoms with Crippen molar-refractivity contribution in [2.24, 2.45) is 0 Å². The summed E-state index contributed by atoms with van der Waals surface area (Å²) in [5, 5.41) is 0. The van der Waals surface area contributed by atoms with Crippen LogP contribution in [0.2, 0.25) is 0 Å². The Balaban J connectivity index is -0.00000000167. The standard InChI is InChI=1S/2C2H4.4FH/c2*1-2;;;;/h2*1-2H2;4*1H. The van der Waals surface area contributed by atoms with Gasteiger partial charge in [-0.1, -0.05) is 0 Å². The van der Waals surface area contributed by atoms with Crippen LogP contribution in [0.15, 0.2) is 26.3 Å². The molecule has 0 N–H and O–H groups in total. The molecule has 0 aromatic heterocycles. The second-order valence-electron chi connectivity index (χ2n) is 0. The molecule has 0 heterocycles. The van der Waals surface area contributed by atoms with Gasteiger partial charge in [-0.3, -0.25) is 18.8 Å². The highest BCUT2D eigenvalue weighted by molar-refractivity contribution is 4.22. The first kappa shape index (κ1) is 192. The normalized spacial score (nSPS) is 1.00. The molecule has 0 spiro atoms. The Morgan fingerprint density at radius 1 is 0.375 bits per heavy atom. The van der Waals surface area contributed by atoms with Crippen LogP contribution in [-0.4, -0.2) is 0 Å². The van der Waals surface area contributed by atoms with E-state index in [2.05, 4.69) is 26.3 Å². The highest BCUT2D eigenvalue weighted by atomic mass is 19.0. The summed E-state index contributed by atoms with van der Waals surface area (Å²) in [5.74, 6) is 0. The van der Waals surface area contributed by atoms with E-state index in [0.717, 1.165) is 0 Å². The SMILES string of the molecule is C=C.C=C.F.F.F.F. The second-order valence-corrected chi connectivity index (χ2v) is 0. The molecular formula is C4H12F4. The van der Waals surface area contributed by atoms with Gasteiger partial charge >= 0.3 is 0 Å². The zero-order chi connectivity index (χ0) is 4.00. The Kier molecular flexibility index (Phi) is 6290. The van der Waals surface area contributed by atoms with E-state index in [4.69, 9.17) is 0 Å². The van der Waals surface area contributed by atoms with Gasteiger partial charge in [-0.25, -0.2) is 0 Å². The quantitative estimate of drug-likeness (QED) is 0.354. The molecule has 0 unspecified atom stereocenters. The number of hydrogen-bond acceptors (Lipinski definition) is 0. The molecular weight excluding hydrogens is 124 g/mol. The summed E-state index contributed by atoms with van der Waals surface area (Å²) in [6.07, 6.45) is 0. The van der Waals surface area contributed by atoms with Gasteiger partial charge in [0.1, 0.15) is 0 Å². The van der Waals surface area contributed by atoms with Crippen molar-refractivity contribution in [1.29, 1.82) is 0 Å². The van der Waals surface area contributed by atoms with Crippen LogP contribution in [0, 0.1) is 0 Å². The Labute approximate surface area is 46.4 Å². The van der Waals surface area contributed by atoms with Gasteiger partial charge < -0.3 is 0 Å². The Hall–Kier alpha value is -0.800. The molecule has 4 heteroatoms. The smallest absolute Gasteiger partial charge is 0.106 e. The van der Waals surface area contributed by atoms with E-state index < -0.39 is 0 Å². The van der Waals surface area contributed by atoms with E-state index in [1.54, 1.807) is 0 Å². The summed E-state index contributed by atoms with van der Waals surface area (Å²) in [4.78, 5) is 0. The third-order valence-electron chi connectivity index (χ3n) is 0. The fraction of sp³-hybridized carbons (Fsp3) is 0. The van der Waals surface area contributed by atoms with E-state index in [0.29, 0.717) is 0 Å². The van der Waals surface area contributed by atoms with Crippen molar-refractivity contribution in [2.45, 2.75) is 0 Å². The van der Waals surface area contributed by atoms with Crippen LogP contribution >= 0.6 is 0 Å². The molecule has 0 rings (SSSR count). The Bertz CT molecular complexity index is 10.0. The van der Waals surface area contributed by atoms with Gasteiger partial charge in [-0.05, 0) is 0 Å². The molecule has 0 aliphatic rings. The summed E-state index contributed by atoms with van der Waals surface area (Å²) in [5.41, 5.74) is 0. The minimum absolute atomic E-state index is 0. The average Bonchev–Trinajstić information content (AvgIpc) is 1.50. The van der Waals surface area contributed by atoms with Crippen LogP contribution in [0.25, 0.3) is 0 Å². The summed E-state index contributed by atoms with van der Waals surface area (Å²) in [7, 11) is 0. The molecule has 0 atom stereocenters. The van der Waals surface area contributed by atoms with Crippen molar-refractivity contribution in [3.8, 4) is 0 Å². The van der Waals surface area contributed by atoms with Crippen LogP contribution in [-0.2, 0) is 0 Å². The van der Waals surface area contributed by atoms with Crippen molar-refractivity contribution < 1.29 is 18.8 Å². The Morgan fingerprint density at radius 2 is 0.375 bits per heavy atom. The first-order valence-electron chi connectivity index (χ1n) is 1.000. The van der Waals surface area contributed by atoms with Crippen molar-refractivity contribution in [2.75, 3.05) is 0 Å². The molecule has 0 fully saturated rings. The van der Waals surface area contributed by atoms with Crippen molar-refractivity contribution in [1.82, 2.24) is 0 Å². The van der Waals surface area contributed by atoms with Crippen LogP contribution < -0.4 is 0 Å². The van der Waals surface area contributed by atoms with Crippen LogP contribution in [0.5, 0.6) is 0 Å². The fourth-order valence-corrected chi connectivity index (χ4v) is 0. The molecule has 0 saturated heterocycles. The average molecular weight is 136 g/mol. The summed E-state index contributed by atoms with van der Waals surface area (Å²) in [6, 6.07) is 0. The van der Waals surface area contributed by atoms with Crippen molar-refractivity contribution in [3.63, 3.8) is 0 Å². The first-order chi connectivity index (χ1) is 2.00. The highest BCUT2D eigenvalue weighted by Crippen LogP contribution is 0.864. The molecule has 0 saturated carbocycles. The van der Waals surface area contributed by atoms with Gasteiger partial charge in [0.25, 0.3) is 0 Å². The molecule has 0 nitrogen and oxygen atoms in total. The summed E-state index contributed by atoms with van der Waals surface area (Å²) in [6.45, 7) is 12.0. The lowest BCUT2D eigenvalue weighted by Gasteiger charge is -0.813. The largest absolute Gasteiger partial charge is 0.269 e. The maximum Gasteiger partial charge on any atom is -0.106 e. The summed E-state index contributed by atoms with van der Waals surface area (Å²) >= 11 is 0. The van der Waals surface area contributed by atoms with Gasteiger partial charge in [0.05, 0.1) is 0 Å². The first-order valence-corrected chi connectivity index (χ1v) is 1.000. The van der Waals surface area contributed by atoms with Crippen molar-refractivity contribution in [3.05, 3.63) is 26.3 Å². The molecule has 0 aliphatic carbocycles. The lowest BCUT2D eigenvalue weighted by atomic mass is 11.3. The maximum atomic E-state index is 3.00. The van der Waals surface area contributed by atoms with E-state index in [1.807, 2.05) is 0 Å². The third kappa shape index (κ3) is 143. The van der Waals surface area contributed by atoms with Gasteiger partial charge in [-0.2, -0.15) is 0 Å². The maximum absolute atomic E-state index is 3.00. The van der Waals surface area contributed by atoms with Gasteiger partial charge in [-0.15, -0.1) is 26.3 Å². The molecule has 56 valence electrons. The fourth-order valence-electron chi connectivity index (χ4n) is 0. The summed E-state index contributed by atoms with van der Waals surface area (Å²) < 4.78 is 0. The van der Waals surface area contributed by atoms with Crippen LogP contribution in [0.1, 0.15) is 0 Å². The third-order valence-corrected chi connectivity index (χ3v) is 0. The van der Waals surface area contributed by atoms with Crippen molar-refractivity contribution >= 4 is 0 Å². The van der Waals surface area contributed by atoms with E-state index in [9.17, 15) is 0 Å². The lowest BCUT2D eigenvalue weighted by Crippen LogP contribution is -0.552. The van der Waals surface area contributed by atoms with E-state index >= 15 is 0 Å². The molecule has 8 heavy (non-hydrogen) atoms. The monoisotopic (exact) mass is 136 g/mol. The number of hydrogen-bond donors (Lipinski definition) is 0. The molecule has 0 amide bonds. The minimum atomic E-state index is 0. The number of rotatable bonds is 0. The molecule has 0 radical (unpaired) electrons. The zero-order valence-corrected chi connectivity index (χ0v) is 4.46. The van der Waals surface area contributed by atoms with Crippen LogP contribution in [0.4, 0.5) is 18.8 Å². The van der Waals surface area contributed by atoms with Gasteiger partial charge in [0.2, 0.25) is 0 Å². The highest BCUT2D eigenvalue weighted by Gasteiger charge is 0.603. The van der Waals surface area contributed by atoms with Gasteiger partial charge in [0, 0.05) is 0 Å². The topological polar surface area (TPSA) is 0 Å². The molecule has 0 aliphatic heterocycles. The van der Waals surface area contributed by atoms with Gasteiger partial charge in [0.15, 0.2) is 0 Å². The molecule has 0 bridgehead atoms. The molecule has 0 aromatic carbocycles. The predicted octanol–water partition coefficient (Wildman–Crippen LogP) is 2.21. The second kappa shape index (κ2) is 262. The zero-order valence-electron chi connectivity index (χ0n) is 4.46. The number of halogens is 4.